The lowest BCUT2D eigenvalue weighted by atomic mass is 10.2. The molecular formula is C10H17N3O2S2. The van der Waals surface area contributed by atoms with E-state index < -0.39 is 9.84 Å². The molecular weight excluding hydrogens is 258 g/mol. The van der Waals surface area contributed by atoms with Crippen molar-refractivity contribution in [2.75, 3.05) is 11.6 Å². The van der Waals surface area contributed by atoms with Gasteiger partial charge in [-0.1, -0.05) is 18.3 Å². The molecule has 1 aromatic heterocycles. The summed E-state index contributed by atoms with van der Waals surface area (Å²) in [5.74, 6) is 0. The van der Waals surface area contributed by atoms with Crippen molar-refractivity contribution in [1.29, 1.82) is 0 Å². The highest BCUT2D eigenvalue weighted by atomic mass is 32.2. The van der Waals surface area contributed by atoms with E-state index in [1.54, 1.807) is 0 Å². The standard InChI is InChI=1S/C10H17N3O2S2/c1-3-9-12-13-10(16-9)11-7-5-4-6-8(7)17(2,14)15/h7-8H,3-6H2,1-2H3,(H,11,13). The first-order chi connectivity index (χ1) is 8.00. The Balaban J connectivity index is 2.08. The van der Waals surface area contributed by atoms with Crippen LogP contribution in [0.15, 0.2) is 0 Å². The van der Waals surface area contributed by atoms with Crippen LogP contribution in [0, 0.1) is 0 Å². The molecule has 17 heavy (non-hydrogen) atoms. The van der Waals surface area contributed by atoms with Gasteiger partial charge in [-0.25, -0.2) is 8.42 Å². The van der Waals surface area contributed by atoms with Gasteiger partial charge in [-0.05, 0) is 25.7 Å². The zero-order valence-electron chi connectivity index (χ0n) is 10.0. The van der Waals surface area contributed by atoms with Crippen molar-refractivity contribution in [3.8, 4) is 0 Å². The molecule has 0 bridgehead atoms. The Kier molecular flexibility index (Phi) is 3.67. The van der Waals surface area contributed by atoms with Crippen molar-refractivity contribution < 1.29 is 8.42 Å². The van der Waals surface area contributed by atoms with Crippen molar-refractivity contribution in [2.24, 2.45) is 0 Å². The molecule has 0 spiro atoms. The Hall–Kier alpha value is -0.690. The Bertz CT molecular complexity index is 483. The van der Waals surface area contributed by atoms with E-state index in [-0.39, 0.29) is 11.3 Å². The van der Waals surface area contributed by atoms with Gasteiger partial charge in [-0.3, -0.25) is 0 Å². The zero-order chi connectivity index (χ0) is 12.5. The van der Waals surface area contributed by atoms with Crippen molar-refractivity contribution in [3.05, 3.63) is 5.01 Å². The second-order valence-corrected chi connectivity index (χ2v) is 7.73. The van der Waals surface area contributed by atoms with Gasteiger partial charge in [-0.2, -0.15) is 0 Å². The summed E-state index contributed by atoms with van der Waals surface area (Å²) in [7, 11) is -2.98. The van der Waals surface area contributed by atoms with Crippen molar-refractivity contribution in [1.82, 2.24) is 10.2 Å². The highest BCUT2D eigenvalue weighted by molar-refractivity contribution is 7.91. The summed E-state index contributed by atoms with van der Waals surface area (Å²) >= 11 is 1.50. The Morgan fingerprint density at radius 2 is 2.18 bits per heavy atom. The number of rotatable bonds is 4. The number of anilines is 1. The average Bonchev–Trinajstić information content (AvgIpc) is 2.85. The van der Waals surface area contributed by atoms with E-state index in [4.69, 9.17) is 0 Å². The van der Waals surface area contributed by atoms with Crippen LogP contribution in [0.1, 0.15) is 31.2 Å². The molecule has 1 N–H and O–H groups in total. The van der Waals surface area contributed by atoms with E-state index in [2.05, 4.69) is 15.5 Å². The molecule has 0 saturated heterocycles. The molecule has 1 aliphatic rings. The monoisotopic (exact) mass is 275 g/mol. The predicted octanol–water partition coefficient (Wildman–Crippen LogP) is 1.48. The SMILES string of the molecule is CCc1nnc(NC2CCCC2S(C)(=O)=O)s1. The first-order valence-electron chi connectivity index (χ1n) is 5.78. The average molecular weight is 275 g/mol. The van der Waals surface area contributed by atoms with E-state index in [1.807, 2.05) is 6.92 Å². The fraction of sp³-hybridized carbons (Fsp3) is 0.800. The van der Waals surface area contributed by atoms with Crippen LogP contribution in [0.4, 0.5) is 5.13 Å². The van der Waals surface area contributed by atoms with Crippen LogP contribution in [0.3, 0.4) is 0 Å². The van der Waals surface area contributed by atoms with Crippen molar-refractivity contribution in [3.63, 3.8) is 0 Å². The second-order valence-electron chi connectivity index (χ2n) is 4.40. The summed E-state index contributed by atoms with van der Waals surface area (Å²) in [6.07, 6.45) is 4.76. The van der Waals surface area contributed by atoms with E-state index in [1.165, 1.54) is 17.6 Å². The van der Waals surface area contributed by atoms with E-state index in [0.717, 1.165) is 35.8 Å². The number of sulfone groups is 1. The minimum Gasteiger partial charge on any atom is -0.356 e. The van der Waals surface area contributed by atoms with Crippen LogP contribution in [0.2, 0.25) is 0 Å². The first-order valence-corrected chi connectivity index (χ1v) is 8.55. The van der Waals surface area contributed by atoms with Crippen molar-refractivity contribution in [2.45, 2.75) is 43.9 Å². The van der Waals surface area contributed by atoms with Gasteiger partial charge in [0.05, 0.1) is 5.25 Å². The molecule has 2 atom stereocenters. The molecule has 1 heterocycles. The number of hydrogen-bond donors (Lipinski definition) is 1. The molecule has 0 radical (unpaired) electrons. The van der Waals surface area contributed by atoms with Gasteiger partial charge >= 0.3 is 0 Å². The molecule has 5 nitrogen and oxygen atoms in total. The molecule has 1 fully saturated rings. The molecule has 0 aliphatic heterocycles. The molecule has 7 heteroatoms. The maximum atomic E-state index is 11.6. The third-order valence-electron chi connectivity index (χ3n) is 3.08. The highest BCUT2D eigenvalue weighted by Crippen LogP contribution is 2.28. The van der Waals surface area contributed by atoms with Crippen LogP contribution in [0.5, 0.6) is 0 Å². The van der Waals surface area contributed by atoms with Gasteiger partial charge in [0.25, 0.3) is 0 Å². The van der Waals surface area contributed by atoms with Gasteiger partial charge in [0.2, 0.25) is 5.13 Å². The van der Waals surface area contributed by atoms with Crippen LogP contribution >= 0.6 is 11.3 Å². The van der Waals surface area contributed by atoms with Gasteiger partial charge in [-0.15, -0.1) is 10.2 Å². The molecule has 0 amide bonds. The van der Waals surface area contributed by atoms with Gasteiger partial charge < -0.3 is 5.32 Å². The topological polar surface area (TPSA) is 72.0 Å². The molecule has 96 valence electrons. The molecule has 1 aliphatic carbocycles. The summed E-state index contributed by atoms with van der Waals surface area (Å²) in [5, 5.41) is 12.7. The number of nitrogens with zero attached hydrogens (tertiary/aromatic N) is 2. The second kappa shape index (κ2) is 4.89. The van der Waals surface area contributed by atoms with Crippen molar-refractivity contribution >= 4 is 26.3 Å². The van der Waals surface area contributed by atoms with Crippen LogP contribution in [-0.4, -0.2) is 36.2 Å². The summed E-state index contributed by atoms with van der Waals surface area (Å²) in [5.41, 5.74) is 0. The summed E-state index contributed by atoms with van der Waals surface area (Å²) < 4.78 is 23.2. The smallest absolute Gasteiger partial charge is 0.205 e. The van der Waals surface area contributed by atoms with Crippen LogP contribution in [0.25, 0.3) is 0 Å². The summed E-state index contributed by atoms with van der Waals surface area (Å²) in [4.78, 5) is 0. The fourth-order valence-corrected chi connectivity index (χ4v) is 4.35. The summed E-state index contributed by atoms with van der Waals surface area (Å²) in [6.45, 7) is 2.03. The van der Waals surface area contributed by atoms with Gasteiger partial charge in [0.15, 0.2) is 9.84 Å². The lowest BCUT2D eigenvalue weighted by Crippen LogP contribution is -2.34. The normalized spacial score (nSPS) is 25.1. The lowest BCUT2D eigenvalue weighted by Gasteiger charge is -2.18. The third kappa shape index (κ3) is 2.95. The maximum Gasteiger partial charge on any atom is 0.205 e. The van der Waals surface area contributed by atoms with E-state index in [9.17, 15) is 8.42 Å². The predicted molar refractivity (Wildman–Crippen MR) is 69.2 cm³/mol. The Morgan fingerprint density at radius 3 is 2.76 bits per heavy atom. The Labute approximate surface area is 106 Å². The molecule has 1 saturated carbocycles. The van der Waals surface area contributed by atoms with Crippen LogP contribution in [-0.2, 0) is 16.3 Å². The summed E-state index contributed by atoms with van der Waals surface area (Å²) in [6, 6.07) is -0.0114. The highest BCUT2D eigenvalue weighted by Gasteiger charge is 2.35. The quantitative estimate of drug-likeness (QED) is 0.901. The molecule has 2 rings (SSSR count). The lowest BCUT2D eigenvalue weighted by molar-refractivity contribution is 0.579. The number of aryl methyl sites for hydroxylation is 1. The van der Waals surface area contributed by atoms with E-state index in [0.29, 0.717) is 0 Å². The van der Waals surface area contributed by atoms with Gasteiger partial charge in [0.1, 0.15) is 5.01 Å². The number of aromatic nitrogens is 2. The van der Waals surface area contributed by atoms with Crippen LogP contribution < -0.4 is 5.32 Å². The fourth-order valence-electron chi connectivity index (χ4n) is 2.22. The Morgan fingerprint density at radius 1 is 1.41 bits per heavy atom. The number of hydrogen-bond acceptors (Lipinski definition) is 6. The number of nitrogens with one attached hydrogen (secondary N) is 1. The van der Waals surface area contributed by atoms with E-state index >= 15 is 0 Å². The third-order valence-corrected chi connectivity index (χ3v) is 5.74. The maximum absolute atomic E-state index is 11.6. The molecule has 1 aromatic rings. The largest absolute Gasteiger partial charge is 0.356 e. The minimum absolute atomic E-state index is 0.0114. The molecule has 2 unspecified atom stereocenters. The first kappa shape index (κ1) is 12.8. The zero-order valence-corrected chi connectivity index (χ0v) is 11.6. The minimum atomic E-state index is -2.98. The van der Waals surface area contributed by atoms with Gasteiger partial charge in [0, 0.05) is 12.3 Å². The molecule has 0 aromatic carbocycles.